The largest absolute Gasteiger partial charge is 0.465 e. The van der Waals surface area contributed by atoms with Gasteiger partial charge in [0.05, 0.1) is 12.0 Å². The van der Waals surface area contributed by atoms with Gasteiger partial charge in [-0.15, -0.1) is 0 Å². The van der Waals surface area contributed by atoms with E-state index in [0.717, 1.165) is 5.69 Å². The lowest BCUT2D eigenvalue weighted by atomic mass is 10.3. The summed E-state index contributed by atoms with van der Waals surface area (Å²) >= 11 is 11.6. The van der Waals surface area contributed by atoms with Gasteiger partial charge in [0.15, 0.2) is 0 Å². The van der Waals surface area contributed by atoms with Crippen molar-refractivity contribution in [2.75, 3.05) is 6.61 Å². The van der Waals surface area contributed by atoms with Gasteiger partial charge >= 0.3 is 5.97 Å². The number of esters is 1. The van der Waals surface area contributed by atoms with Crippen molar-refractivity contribution in [2.24, 2.45) is 0 Å². The van der Waals surface area contributed by atoms with Crippen molar-refractivity contribution >= 4 is 40.2 Å². The molecule has 0 saturated carbocycles. The zero-order valence-electron chi connectivity index (χ0n) is 8.96. The van der Waals surface area contributed by atoms with Crippen LogP contribution in [0.25, 0.3) is 11.0 Å². The number of rotatable bonds is 3. The molecule has 0 radical (unpaired) electrons. The fourth-order valence-electron chi connectivity index (χ4n) is 1.44. The fraction of sp³-hybridized carbons (Fsp3) is 0.300. The summed E-state index contributed by atoms with van der Waals surface area (Å²) in [5.41, 5.74) is 1.44. The number of hydrogen-bond donors (Lipinski definition) is 1. The van der Waals surface area contributed by atoms with Crippen LogP contribution in [0.2, 0.25) is 10.4 Å². The lowest BCUT2D eigenvalue weighted by molar-refractivity contribution is -0.140. The molecule has 2 rings (SSSR count). The van der Waals surface area contributed by atoms with Crippen LogP contribution >= 0.6 is 23.2 Å². The zero-order valence-corrected chi connectivity index (χ0v) is 10.5. The second-order valence-corrected chi connectivity index (χ2v) is 4.13. The first-order valence-corrected chi connectivity index (χ1v) is 5.66. The molecule has 90 valence electrons. The fourth-order valence-corrected chi connectivity index (χ4v) is 1.88. The first-order chi connectivity index (χ1) is 8.06. The highest BCUT2D eigenvalue weighted by Crippen LogP contribution is 2.22. The normalized spacial score (nSPS) is 10.8. The Labute approximate surface area is 107 Å². The summed E-state index contributed by atoms with van der Waals surface area (Å²) in [4.78, 5) is 21.5. The molecule has 0 saturated heterocycles. The number of nitrogens with one attached hydrogen (secondary N) is 1. The van der Waals surface area contributed by atoms with E-state index in [-0.39, 0.29) is 11.3 Å². The summed E-state index contributed by atoms with van der Waals surface area (Å²) in [6.07, 6.45) is 0.559. The van der Waals surface area contributed by atoms with Crippen molar-refractivity contribution in [1.29, 1.82) is 0 Å². The smallest absolute Gasteiger partial charge is 0.302 e. The maximum atomic E-state index is 10.6. The highest BCUT2D eigenvalue weighted by Gasteiger charge is 2.08. The number of H-pyrrole nitrogens is 1. The van der Waals surface area contributed by atoms with Gasteiger partial charge in [0, 0.05) is 19.0 Å². The Balaban J connectivity index is 2.20. The van der Waals surface area contributed by atoms with E-state index in [1.807, 2.05) is 6.07 Å². The van der Waals surface area contributed by atoms with Gasteiger partial charge in [-0.25, -0.2) is 4.98 Å². The molecule has 7 heteroatoms. The number of aromatic nitrogens is 3. The van der Waals surface area contributed by atoms with Crippen molar-refractivity contribution < 1.29 is 9.53 Å². The van der Waals surface area contributed by atoms with Crippen LogP contribution in [0.15, 0.2) is 6.07 Å². The van der Waals surface area contributed by atoms with E-state index in [1.54, 1.807) is 0 Å². The van der Waals surface area contributed by atoms with E-state index < -0.39 is 0 Å². The topological polar surface area (TPSA) is 67.9 Å². The second kappa shape index (κ2) is 4.89. The minimum atomic E-state index is -0.304. The molecule has 0 spiro atoms. The summed E-state index contributed by atoms with van der Waals surface area (Å²) in [5.74, 6) is -0.304. The molecule has 0 fully saturated rings. The number of carbonyl (C=O) groups excluding carboxylic acids is 1. The third-order valence-corrected chi connectivity index (χ3v) is 2.60. The molecular formula is C10H9Cl2N3O2. The van der Waals surface area contributed by atoms with Crippen LogP contribution in [0.3, 0.4) is 0 Å². The van der Waals surface area contributed by atoms with Gasteiger partial charge in [-0.1, -0.05) is 11.6 Å². The van der Waals surface area contributed by atoms with Gasteiger partial charge in [0.2, 0.25) is 5.28 Å². The van der Waals surface area contributed by atoms with Crippen LogP contribution in [-0.4, -0.2) is 27.5 Å². The summed E-state index contributed by atoms with van der Waals surface area (Å²) in [5, 5.41) is 1.10. The molecule has 0 aliphatic rings. The molecule has 17 heavy (non-hydrogen) atoms. The molecule has 0 amide bonds. The van der Waals surface area contributed by atoms with E-state index >= 15 is 0 Å². The summed E-state index contributed by atoms with van der Waals surface area (Å²) in [7, 11) is 0. The van der Waals surface area contributed by atoms with E-state index in [1.165, 1.54) is 6.92 Å². The Bertz CT molecular complexity index is 568. The van der Waals surface area contributed by atoms with Crippen molar-refractivity contribution in [3.63, 3.8) is 0 Å². The van der Waals surface area contributed by atoms with Gasteiger partial charge in [0.1, 0.15) is 10.8 Å². The Morgan fingerprint density at radius 1 is 1.47 bits per heavy atom. The maximum absolute atomic E-state index is 10.6. The molecule has 1 N–H and O–H groups in total. The van der Waals surface area contributed by atoms with Crippen LogP contribution in [-0.2, 0) is 16.0 Å². The first-order valence-electron chi connectivity index (χ1n) is 4.90. The number of ether oxygens (including phenoxy) is 1. The second-order valence-electron chi connectivity index (χ2n) is 3.43. The maximum Gasteiger partial charge on any atom is 0.302 e. The molecule has 0 unspecified atom stereocenters. The van der Waals surface area contributed by atoms with Gasteiger partial charge in [0.25, 0.3) is 0 Å². The van der Waals surface area contributed by atoms with Gasteiger partial charge < -0.3 is 9.72 Å². The summed E-state index contributed by atoms with van der Waals surface area (Å²) in [6.45, 7) is 1.67. The highest BCUT2D eigenvalue weighted by molar-refractivity contribution is 6.35. The predicted molar refractivity (Wildman–Crippen MR) is 64.2 cm³/mol. The standard InChI is InChI=1S/C10H9Cl2N3O2/c1-5(16)17-3-2-6-4-7-8(11)14-10(12)15-9(7)13-6/h4H,2-3H2,1H3,(H,13,14,15). The Hall–Kier alpha value is -1.33. The number of nitrogens with zero attached hydrogens (tertiary/aromatic N) is 2. The summed E-state index contributed by atoms with van der Waals surface area (Å²) < 4.78 is 4.84. The van der Waals surface area contributed by atoms with E-state index in [2.05, 4.69) is 15.0 Å². The zero-order chi connectivity index (χ0) is 12.4. The molecule has 0 aliphatic carbocycles. The van der Waals surface area contributed by atoms with Crippen LogP contribution in [0.1, 0.15) is 12.6 Å². The third-order valence-electron chi connectivity index (χ3n) is 2.15. The molecular weight excluding hydrogens is 265 g/mol. The summed E-state index contributed by atoms with van der Waals surface area (Å²) in [6, 6.07) is 1.82. The Morgan fingerprint density at radius 2 is 2.24 bits per heavy atom. The lowest BCUT2D eigenvalue weighted by Gasteiger charge is -1.98. The van der Waals surface area contributed by atoms with Crippen molar-refractivity contribution in [3.05, 3.63) is 22.2 Å². The van der Waals surface area contributed by atoms with Crippen molar-refractivity contribution in [1.82, 2.24) is 15.0 Å². The van der Waals surface area contributed by atoms with Gasteiger partial charge in [-0.05, 0) is 17.7 Å². The molecule has 0 bridgehead atoms. The molecule has 0 aromatic carbocycles. The Kier molecular flexibility index (Phi) is 3.49. The van der Waals surface area contributed by atoms with E-state index in [9.17, 15) is 4.79 Å². The highest BCUT2D eigenvalue weighted by atomic mass is 35.5. The molecule has 2 aromatic heterocycles. The average molecular weight is 274 g/mol. The predicted octanol–water partition coefficient (Wildman–Crippen LogP) is 2.37. The van der Waals surface area contributed by atoms with Crippen LogP contribution < -0.4 is 0 Å². The van der Waals surface area contributed by atoms with E-state index in [4.69, 9.17) is 27.9 Å². The first kappa shape index (κ1) is 12.1. The quantitative estimate of drug-likeness (QED) is 0.530. The lowest BCUT2D eigenvalue weighted by Crippen LogP contribution is -2.03. The van der Waals surface area contributed by atoms with Crippen molar-refractivity contribution in [3.8, 4) is 0 Å². The van der Waals surface area contributed by atoms with Crippen LogP contribution in [0.4, 0.5) is 0 Å². The van der Waals surface area contributed by atoms with Crippen LogP contribution in [0, 0.1) is 0 Å². The van der Waals surface area contributed by atoms with Gasteiger partial charge in [-0.2, -0.15) is 4.98 Å². The average Bonchev–Trinajstić information content (AvgIpc) is 2.60. The molecule has 2 aromatic rings. The monoisotopic (exact) mass is 273 g/mol. The Morgan fingerprint density at radius 3 is 2.94 bits per heavy atom. The number of aromatic amines is 1. The molecule has 0 aliphatic heterocycles. The SMILES string of the molecule is CC(=O)OCCc1cc2c(Cl)nc(Cl)nc2[nH]1. The molecule has 0 atom stereocenters. The minimum absolute atomic E-state index is 0.0934. The number of carbonyl (C=O) groups is 1. The van der Waals surface area contributed by atoms with Gasteiger partial charge in [-0.3, -0.25) is 4.79 Å². The molecule has 2 heterocycles. The number of halogens is 2. The van der Waals surface area contributed by atoms with Crippen LogP contribution in [0.5, 0.6) is 0 Å². The third kappa shape index (κ3) is 2.87. The number of hydrogen-bond acceptors (Lipinski definition) is 4. The number of fused-ring (bicyclic) bond motifs is 1. The minimum Gasteiger partial charge on any atom is -0.465 e. The van der Waals surface area contributed by atoms with Crippen molar-refractivity contribution in [2.45, 2.75) is 13.3 Å². The van der Waals surface area contributed by atoms with E-state index in [0.29, 0.717) is 29.2 Å². The molecule has 5 nitrogen and oxygen atoms in total.